The van der Waals surface area contributed by atoms with Gasteiger partial charge in [0.15, 0.2) is 11.5 Å². The van der Waals surface area contributed by atoms with E-state index in [4.69, 9.17) is 4.74 Å². The fourth-order valence-corrected chi connectivity index (χ4v) is 2.97. The van der Waals surface area contributed by atoms with Gasteiger partial charge in [0.25, 0.3) is 0 Å². The maximum absolute atomic E-state index is 10.4. The standard InChI is InChI=1S/C19H32O3/c1-5-8-11-14-15(12-9-6-2)17(20)18(21)19(22-4)16(14)13-10-7-3/h20-21H,5-13H2,1-4H3. The van der Waals surface area contributed by atoms with Gasteiger partial charge in [-0.25, -0.2) is 0 Å². The van der Waals surface area contributed by atoms with E-state index in [1.54, 1.807) is 7.11 Å². The molecule has 0 bridgehead atoms. The van der Waals surface area contributed by atoms with Gasteiger partial charge < -0.3 is 14.9 Å². The number of ether oxygens (including phenoxy) is 1. The molecule has 0 unspecified atom stereocenters. The zero-order valence-corrected chi connectivity index (χ0v) is 14.7. The van der Waals surface area contributed by atoms with Crippen molar-refractivity contribution in [3.8, 4) is 17.2 Å². The lowest BCUT2D eigenvalue weighted by Crippen LogP contribution is -2.05. The van der Waals surface area contributed by atoms with Crippen LogP contribution in [0.15, 0.2) is 0 Å². The number of phenols is 2. The molecule has 0 heterocycles. The molecule has 0 aliphatic rings. The van der Waals surface area contributed by atoms with E-state index in [1.165, 1.54) is 5.56 Å². The molecule has 0 aliphatic heterocycles. The average Bonchev–Trinajstić information content (AvgIpc) is 2.53. The summed E-state index contributed by atoms with van der Waals surface area (Å²) in [7, 11) is 1.57. The van der Waals surface area contributed by atoms with Crippen LogP contribution >= 0.6 is 0 Å². The van der Waals surface area contributed by atoms with Crippen LogP contribution in [0.2, 0.25) is 0 Å². The Morgan fingerprint density at radius 3 is 1.59 bits per heavy atom. The second kappa shape index (κ2) is 9.60. The maximum Gasteiger partial charge on any atom is 0.201 e. The van der Waals surface area contributed by atoms with E-state index >= 15 is 0 Å². The summed E-state index contributed by atoms with van der Waals surface area (Å²) >= 11 is 0. The van der Waals surface area contributed by atoms with E-state index in [1.807, 2.05) is 0 Å². The Balaban J connectivity index is 3.41. The molecule has 3 heteroatoms. The molecular weight excluding hydrogens is 276 g/mol. The first-order valence-electron chi connectivity index (χ1n) is 8.74. The van der Waals surface area contributed by atoms with Crippen molar-refractivity contribution < 1.29 is 14.9 Å². The summed E-state index contributed by atoms with van der Waals surface area (Å²) in [6.07, 6.45) is 9.11. The summed E-state index contributed by atoms with van der Waals surface area (Å²) in [4.78, 5) is 0. The fraction of sp³-hybridized carbons (Fsp3) is 0.684. The third kappa shape index (κ3) is 4.31. The Labute approximate surface area is 135 Å². The van der Waals surface area contributed by atoms with Crippen LogP contribution in [0.1, 0.15) is 76.0 Å². The zero-order valence-electron chi connectivity index (χ0n) is 14.7. The van der Waals surface area contributed by atoms with E-state index in [0.717, 1.165) is 68.9 Å². The van der Waals surface area contributed by atoms with Crippen molar-refractivity contribution in [2.75, 3.05) is 7.11 Å². The van der Waals surface area contributed by atoms with Crippen molar-refractivity contribution >= 4 is 0 Å². The van der Waals surface area contributed by atoms with E-state index in [0.29, 0.717) is 5.75 Å². The predicted octanol–water partition coefficient (Wildman–Crippen LogP) is 5.13. The van der Waals surface area contributed by atoms with Crippen molar-refractivity contribution in [2.24, 2.45) is 0 Å². The topological polar surface area (TPSA) is 49.7 Å². The Hall–Kier alpha value is -1.38. The van der Waals surface area contributed by atoms with E-state index < -0.39 is 0 Å². The zero-order chi connectivity index (χ0) is 16.5. The first-order chi connectivity index (χ1) is 10.6. The lowest BCUT2D eigenvalue weighted by atomic mass is 9.89. The highest BCUT2D eigenvalue weighted by Gasteiger charge is 2.23. The molecule has 0 fully saturated rings. The van der Waals surface area contributed by atoms with Crippen LogP contribution in [0.25, 0.3) is 0 Å². The third-order valence-corrected chi connectivity index (χ3v) is 4.27. The van der Waals surface area contributed by atoms with Crippen molar-refractivity contribution in [3.05, 3.63) is 16.7 Å². The van der Waals surface area contributed by atoms with E-state index in [2.05, 4.69) is 20.8 Å². The molecule has 3 nitrogen and oxygen atoms in total. The minimum absolute atomic E-state index is 0.0247. The molecule has 1 aromatic rings. The number of aromatic hydroxyl groups is 2. The van der Waals surface area contributed by atoms with Gasteiger partial charge in [0.2, 0.25) is 5.75 Å². The molecule has 126 valence electrons. The van der Waals surface area contributed by atoms with Gasteiger partial charge in [-0.05, 0) is 44.1 Å². The van der Waals surface area contributed by atoms with Crippen LogP contribution in [0.4, 0.5) is 0 Å². The van der Waals surface area contributed by atoms with Crippen LogP contribution in [0.3, 0.4) is 0 Å². The summed E-state index contributed by atoms with van der Waals surface area (Å²) in [5, 5.41) is 20.8. The molecule has 1 rings (SSSR count). The van der Waals surface area contributed by atoms with Gasteiger partial charge in [-0.2, -0.15) is 0 Å². The fourth-order valence-electron chi connectivity index (χ4n) is 2.97. The molecule has 2 N–H and O–H groups in total. The Kier molecular flexibility index (Phi) is 8.15. The summed E-state index contributed by atoms with van der Waals surface area (Å²) in [6, 6.07) is 0. The van der Waals surface area contributed by atoms with Crippen molar-refractivity contribution in [1.29, 1.82) is 0 Å². The molecule has 0 atom stereocenters. The highest BCUT2D eigenvalue weighted by atomic mass is 16.5. The highest BCUT2D eigenvalue weighted by molar-refractivity contribution is 5.62. The van der Waals surface area contributed by atoms with Crippen molar-refractivity contribution in [1.82, 2.24) is 0 Å². The average molecular weight is 308 g/mol. The van der Waals surface area contributed by atoms with Gasteiger partial charge >= 0.3 is 0 Å². The van der Waals surface area contributed by atoms with Gasteiger partial charge in [-0.15, -0.1) is 0 Å². The summed E-state index contributed by atoms with van der Waals surface area (Å²) in [5.41, 5.74) is 3.23. The SMILES string of the molecule is CCCCc1c(O)c(O)c(OC)c(CCCC)c1CCCC. The number of phenolic OH excluding ortho intramolecular Hbond substituents is 2. The minimum atomic E-state index is -0.0834. The van der Waals surface area contributed by atoms with Gasteiger partial charge in [0.1, 0.15) is 0 Å². The van der Waals surface area contributed by atoms with E-state index in [-0.39, 0.29) is 11.5 Å². The third-order valence-electron chi connectivity index (χ3n) is 4.27. The minimum Gasteiger partial charge on any atom is -0.504 e. The molecule has 0 aliphatic carbocycles. The molecule has 1 aromatic carbocycles. The highest BCUT2D eigenvalue weighted by Crippen LogP contribution is 2.45. The monoisotopic (exact) mass is 308 g/mol. The Bertz CT molecular complexity index is 466. The number of benzene rings is 1. The largest absolute Gasteiger partial charge is 0.504 e. The smallest absolute Gasteiger partial charge is 0.201 e. The molecule has 0 saturated carbocycles. The number of rotatable bonds is 10. The van der Waals surface area contributed by atoms with E-state index in [9.17, 15) is 10.2 Å². The summed E-state index contributed by atoms with van der Waals surface area (Å²) < 4.78 is 5.42. The Morgan fingerprint density at radius 1 is 0.682 bits per heavy atom. The van der Waals surface area contributed by atoms with Crippen molar-refractivity contribution in [3.63, 3.8) is 0 Å². The van der Waals surface area contributed by atoms with Crippen molar-refractivity contribution in [2.45, 2.75) is 78.6 Å². The molecular formula is C19H32O3. The lowest BCUT2D eigenvalue weighted by molar-refractivity contribution is 0.343. The first kappa shape index (κ1) is 18.7. The molecule has 0 aromatic heterocycles. The molecule has 0 saturated heterocycles. The maximum atomic E-state index is 10.4. The molecule has 0 spiro atoms. The lowest BCUT2D eigenvalue weighted by Gasteiger charge is -2.21. The Morgan fingerprint density at radius 2 is 1.14 bits per heavy atom. The number of hydrogen-bond acceptors (Lipinski definition) is 3. The number of unbranched alkanes of at least 4 members (excludes halogenated alkanes) is 3. The van der Waals surface area contributed by atoms with Crippen LogP contribution in [-0.2, 0) is 19.3 Å². The molecule has 22 heavy (non-hydrogen) atoms. The van der Waals surface area contributed by atoms with Gasteiger partial charge in [0, 0.05) is 11.1 Å². The predicted molar refractivity (Wildman–Crippen MR) is 92.2 cm³/mol. The normalized spacial score (nSPS) is 10.9. The van der Waals surface area contributed by atoms with Gasteiger partial charge in [0.05, 0.1) is 7.11 Å². The number of methoxy groups -OCH3 is 1. The van der Waals surface area contributed by atoms with Crippen LogP contribution in [0.5, 0.6) is 17.2 Å². The van der Waals surface area contributed by atoms with Gasteiger partial charge in [-0.3, -0.25) is 0 Å². The van der Waals surface area contributed by atoms with Gasteiger partial charge in [-0.1, -0.05) is 40.0 Å². The van der Waals surface area contributed by atoms with Crippen LogP contribution in [0, 0.1) is 0 Å². The second-order valence-corrected chi connectivity index (χ2v) is 5.98. The second-order valence-electron chi connectivity index (χ2n) is 5.98. The van der Waals surface area contributed by atoms with Crippen LogP contribution in [-0.4, -0.2) is 17.3 Å². The first-order valence-corrected chi connectivity index (χ1v) is 8.74. The summed E-state index contributed by atoms with van der Waals surface area (Å²) in [6.45, 7) is 6.48. The summed E-state index contributed by atoms with van der Waals surface area (Å²) in [5.74, 6) is 0.411. The number of hydrogen-bond donors (Lipinski definition) is 2. The molecule has 0 radical (unpaired) electrons. The van der Waals surface area contributed by atoms with Crippen LogP contribution < -0.4 is 4.74 Å². The molecule has 0 amide bonds. The quantitative estimate of drug-likeness (QED) is 0.589.